The summed E-state index contributed by atoms with van der Waals surface area (Å²) in [6.45, 7) is 10.9. The zero-order valence-electron chi connectivity index (χ0n) is 20.4. The molecule has 1 heterocycles. The van der Waals surface area contributed by atoms with Crippen LogP contribution in [0.25, 0.3) is 10.9 Å². The molecule has 1 atom stereocenters. The van der Waals surface area contributed by atoms with Crippen molar-refractivity contribution in [2.45, 2.75) is 51.6 Å². The molecule has 0 saturated heterocycles. The van der Waals surface area contributed by atoms with Crippen LogP contribution in [0.4, 0.5) is 0 Å². The minimum absolute atomic E-state index is 0.0953. The summed E-state index contributed by atoms with van der Waals surface area (Å²) >= 11 is 0. The van der Waals surface area contributed by atoms with Gasteiger partial charge in [-0.05, 0) is 29.8 Å². The number of methoxy groups -OCH3 is 1. The molecule has 6 nitrogen and oxygen atoms in total. The van der Waals surface area contributed by atoms with E-state index in [2.05, 4.69) is 39.9 Å². The maximum Gasteiger partial charge on any atom is 0.194 e. The summed E-state index contributed by atoms with van der Waals surface area (Å²) in [5.41, 5.74) is 1.88. The van der Waals surface area contributed by atoms with Crippen LogP contribution in [-0.4, -0.2) is 20.0 Å². The maximum absolute atomic E-state index is 13.0. The van der Waals surface area contributed by atoms with Crippen LogP contribution in [0.5, 0.6) is 11.5 Å². The fourth-order valence-corrected chi connectivity index (χ4v) is 4.58. The van der Waals surface area contributed by atoms with Crippen LogP contribution in [0.1, 0.15) is 38.0 Å². The molecule has 0 amide bonds. The summed E-state index contributed by atoms with van der Waals surface area (Å²) in [4.78, 5) is 13.0. The number of fused-ring (bicyclic) bond motifs is 1. The quantitative estimate of drug-likeness (QED) is 0.419. The van der Waals surface area contributed by atoms with Gasteiger partial charge in [-0.2, -0.15) is 5.26 Å². The fraction of sp³-hybridized carbons (Fsp3) is 0.385. The van der Waals surface area contributed by atoms with Crippen molar-refractivity contribution in [2.75, 3.05) is 7.11 Å². The van der Waals surface area contributed by atoms with Gasteiger partial charge in [0.2, 0.25) is 0 Å². The fourth-order valence-electron chi connectivity index (χ4n) is 3.46. The molecule has 1 unspecified atom stereocenters. The summed E-state index contributed by atoms with van der Waals surface area (Å²) in [5, 5.41) is 10.4. The van der Waals surface area contributed by atoms with E-state index >= 15 is 0 Å². The van der Waals surface area contributed by atoms with Crippen LogP contribution in [0.3, 0.4) is 0 Å². The Morgan fingerprint density at radius 2 is 1.82 bits per heavy atom. The number of aryl methyl sites for hydroxylation is 1. The summed E-state index contributed by atoms with van der Waals surface area (Å²) in [7, 11) is 1.09. The van der Waals surface area contributed by atoms with Gasteiger partial charge in [0.25, 0.3) is 0 Å². The first-order valence-corrected chi connectivity index (χ1v) is 13.9. The number of hydrogen-bond acceptors (Lipinski definition) is 5. The number of benzene rings is 2. The van der Waals surface area contributed by atoms with Gasteiger partial charge in [-0.1, -0.05) is 51.1 Å². The van der Waals surface area contributed by atoms with E-state index in [4.69, 9.17) is 13.9 Å². The summed E-state index contributed by atoms with van der Waals surface area (Å²) in [5.74, 6) is 0.915. The third kappa shape index (κ3) is 4.97. The van der Waals surface area contributed by atoms with Gasteiger partial charge < -0.3 is 18.5 Å². The van der Waals surface area contributed by atoms with E-state index in [-0.39, 0.29) is 10.5 Å². The van der Waals surface area contributed by atoms with Gasteiger partial charge in [0, 0.05) is 24.9 Å². The van der Waals surface area contributed by atoms with Crippen LogP contribution < -0.4 is 14.9 Å². The van der Waals surface area contributed by atoms with E-state index in [0.29, 0.717) is 34.6 Å². The largest absolute Gasteiger partial charge is 0.491 e. The smallest absolute Gasteiger partial charge is 0.194 e. The predicted octanol–water partition coefficient (Wildman–Crippen LogP) is 5.71. The minimum atomic E-state index is -2.30. The van der Waals surface area contributed by atoms with Crippen molar-refractivity contribution >= 4 is 19.2 Å². The van der Waals surface area contributed by atoms with E-state index in [1.54, 1.807) is 19.4 Å². The zero-order chi connectivity index (χ0) is 24.4. The van der Waals surface area contributed by atoms with Gasteiger partial charge in [-0.25, -0.2) is 0 Å². The van der Waals surface area contributed by atoms with Crippen LogP contribution in [0.2, 0.25) is 18.1 Å². The highest BCUT2D eigenvalue weighted by atomic mass is 28.4. The molecule has 3 rings (SSSR count). The van der Waals surface area contributed by atoms with Crippen molar-refractivity contribution in [3.63, 3.8) is 0 Å². The number of nitrogens with zero attached hydrogens (tertiary/aromatic N) is 2. The molecule has 174 valence electrons. The molecule has 0 radical (unpaired) electrons. The SMILES string of the molecule is COc1c(OCc2ccccc2)cc(C(C#N)O[Si](C)(C)C(C)(C)C)c2c(=O)ccn(C)c12. The lowest BCUT2D eigenvalue weighted by Gasteiger charge is -2.37. The third-order valence-electron chi connectivity index (χ3n) is 6.36. The molecule has 0 spiro atoms. The van der Waals surface area contributed by atoms with Crippen molar-refractivity contribution in [3.8, 4) is 17.6 Å². The van der Waals surface area contributed by atoms with Crippen molar-refractivity contribution in [1.82, 2.24) is 4.57 Å². The highest BCUT2D eigenvalue weighted by molar-refractivity contribution is 6.74. The van der Waals surface area contributed by atoms with Gasteiger partial charge in [-0.3, -0.25) is 4.79 Å². The Morgan fingerprint density at radius 3 is 2.39 bits per heavy atom. The molecule has 7 heteroatoms. The van der Waals surface area contributed by atoms with Crippen molar-refractivity contribution in [2.24, 2.45) is 7.05 Å². The molecular formula is C26H32N2O4Si. The van der Waals surface area contributed by atoms with Gasteiger partial charge in [0.1, 0.15) is 6.61 Å². The third-order valence-corrected chi connectivity index (χ3v) is 10.8. The van der Waals surface area contributed by atoms with Crippen molar-refractivity contribution in [1.29, 1.82) is 5.26 Å². The second-order valence-electron chi connectivity index (χ2n) is 9.67. The molecule has 0 N–H and O–H groups in total. The lowest BCUT2D eigenvalue weighted by atomic mass is 10.0. The normalized spacial score (nSPS) is 12.9. The van der Waals surface area contributed by atoms with Gasteiger partial charge in [0.05, 0.1) is 24.1 Å². The number of pyridine rings is 1. The van der Waals surface area contributed by atoms with Crippen LogP contribution in [-0.2, 0) is 18.1 Å². The molecular weight excluding hydrogens is 432 g/mol. The van der Waals surface area contributed by atoms with Crippen molar-refractivity contribution in [3.05, 3.63) is 70.0 Å². The topological polar surface area (TPSA) is 73.5 Å². The molecule has 0 aliphatic carbocycles. The average molecular weight is 465 g/mol. The predicted molar refractivity (Wildman–Crippen MR) is 133 cm³/mol. The van der Waals surface area contributed by atoms with E-state index in [0.717, 1.165) is 5.56 Å². The molecule has 0 bridgehead atoms. The Balaban J connectivity index is 2.22. The molecule has 0 fully saturated rings. The standard InChI is InChI=1S/C26H32N2O4Si/c1-26(2,3)33(6,7)32-22(16-27)19-15-21(31-17-18-11-9-8-10-12-18)25(30-5)24-23(19)20(29)13-14-28(24)4/h8-15,22H,17H2,1-7H3. The summed E-state index contributed by atoms with van der Waals surface area (Å²) in [6, 6.07) is 15.3. The molecule has 0 saturated carbocycles. The number of rotatable bonds is 7. The van der Waals surface area contributed by atoms with Crippen LogP contribution >= 0.6 is 0 Å². The number of aromatic nitrogens is 1. The minimum Gasteiger partial charge on any atom is -0.491 e. The highest BCUT2D eigenvalue weighted by Crippen LogP contribution is 2.43. The van der Waals surface area contributed by atoms with Crippen molar-refractivity contribution < 1.29 is 13.9 Å². The highest BCUT2D eigenvalue weighted by Gasteiger charge is 2.40. The number of hydrogen-bond donors (Lipinski definition) is 0. The first kappa shape index (κ1) is 24.6. The number of ether oxygens (including phenoxy) is 2. The second-order valence-corrected chi connectivity index (χ2v) is 14.4. The van der Waals surface area contributed by atoms with E-state index in [1.165, 1.54) is 6.07 Å². The first-order valence-electron chi connectivity index (χ1n) is 10.9. The molecule has 0 aliphatic heterocycles. The van der Waals surface area contributed by atoms with Crippen LogP contribution in [0, 0.1) is 11.3 Å². The van der Waals surface area contributed by atoms with E-state index in [9.17, 15) is 10.1 Å². The maximum atomic E-state index is 13.0. The molecule has 1 aromatic heterocycles. The summed E-state index contributed by atoms with van der Waals surface area (Å²) in [6.07, 6.45) is 0.780. The lowest BCUT2D eigenvalue weighted by molar-refractivity contribution is 0.235. The Kier molecular flexibility index (Phi) is 7.01. The van der Waals surface area contributed by atoms with Gasteiger partial charge in [-0.15, -0.1) is 0 Å². The Bertz CT molecular complexity index is 1240. The zero-order valence-corrected chi connectivity index (χ0v) is 21.4. The Morgan fingerprint density at radius 1 is 1.15 bits per heavy atom. The molecule has 33 heavy (non-hydrogen) atoms. The lowest BCUT2D eigenvalue weighted by Crippen LogP contribution is -2.41. The Labute approximate surface area is 196 Å². The van der Waals surface area contributed by atoms with Gasteiger partial charge >= 0.3 is 0 Å². The van der Waals surface area contributed by atoms with Crippen LogP contribution in [0.15, 0.2) is 53.5 Å². The molecule has 2 aromatic carbocycles. The number of nitriles is 1. The monoisotopic (exact) mass is 464 g/mol. The van der Waals surface area contributed by atoms with Gasteiger partial charge in [0.15, 0.2) is 31.3 Å². The first-order chi connectivity index (χ1) is 15.5. The summed E-state index contributed by atoms with van der Waals surface area (Å²) < 4.78 is 20.1. The average Bonchev–Trinajstić information content (AvgIpc) is 2.77. The van der Waals surface area contributed by atoms with E-state index in [1.807, 2.05) is 41.9 Å². The molecule has 3 aromatic rings. The van der Waals surface area contributed by atoms with E-state index < -0.39 is 14.4 Å². The molecule has 0 aliphatic rings. The Hall–Kier alpha value is -3.08. The second kappa shape index (κ2) is 9.42.